The van der Waals surface area contributed by atoms with Crippen molar-refractivity contribution < 1.29 is 9.13 Å². The molecule has 2 aromatic heterocycles. The van der Waals surface area contributed by atoms with Crippen LogP contribution in [0.1, 0.15) is 22.3 Å². The highest BCUT2D eigenvalue weighted by atomic mass is 15.3. The van der Waals surface area contributed by atoms with E-state index >= 15 is 0 Å². The van der Waals surface area contributed by atoms with E-state index in [1.54, 1.807) is 0 Å². The first-order valence-corrected chi connectivity index (χ1v) is 9.18. The van der Waals surface area contributed by atoms with Crippen molar-refractivity contribution in [1.82, 2.24) is 9.13 Å². The first kappa shape index (κ1) is 14.1. The van der Waals surface area contributed by atoms with Gasteiger partial charge >= 0.3 is 11.6 Å². The summed E-state index contributed by atoms with van der Waals surface area (Å²) in [6.07, 6.45) is 8.92. The first-order chi connectivity index (χ1) is 12.9. The molecule has 26 heavy (non-hydrogen) atoms. The SMILES string of the molecule is c1ccc2c(c1)Cn1cc[n+]3c1-c1n(cc[n+]1C2)Cc1ccccc1C3. The van der Waals surface area contributed by atoms with Gasteiger partial charge in [-0.15, -0.1) is 0 Å². The van der Waals surface area contributed by atoms with Gasteiger partial charge in [-0.2, -0.15) is 0 Å². The third kappa shape index (κ3) is 1.96. The Labute approximate surface area is 152 Å². The highest BCUT2D eigenvalue weighted by Crippen LogP contribution is 2.24. The molecule has 2 aliphatic rings. The van der Waals surface area contributed by atoms with E-state index in [0.29, 0.717) is 0 Å². The summed E-state index contributed by atoms with van der Waals surface area (Å²) in [5, 5.41) is 0. The van der Waals surface area contributed by atoms with Gasteiger partial charge in [0, 0.05) is 22.3 Å². The maximum absolute atomic E-state index is 2.40. The molecule has 2 aromatic carbocycles. The smallest absolute Gasteiger partial charge is 0.219 e. The fourth-order valence-corrected chi connectivity index (χ4v) is 4.42. The lowest BCUT2D eigenvalue weighted by molar-refractivity contribution is -0.707. The maximum atomic E-state index is 2.40. The van der Waals surface area contributed by atoms with Crippen molar-refractivity contribution in [2.45, 2.75) is 26.2 Å². The molecule has 0 saturated carbocycles. The number of hydrogen-bond acceptors (Lipinski definition) is 0. The van der Waals surface area contributed by atoms with Crippen molar-refractivity contribution in [1.29, 1.82) is 0 Å². The van der Waals surface area contributed by atoms with Gasteiger partial charge in [0.05, 0.1) is 0 Å². The quantitative estimate of drug-likeness (QED) is 0.378. The minimum absolute atomic E-state index is 0.922. The number of aromatic nitrogens is 4. The predicted molar refractivity (Wildman–Crippen MR) is 97.5 cm³/mol. The largest absolute Gasteiger partial charge is 0.373 e. The van der Waals surface area contributed by atoms with Crippen molar-refractivity contribution in [2.75, 3.05) is 0 Å². The van der Waals surface area contributed by atoms with Gasteiger partial charge < -0.3 is 0 Å². The van der Waals surface area contributed by atoms with Crippen molar-refractivity contribution in [2.24, 2.45) is 0 Å². The van der Waals surface area contributed by atoms with Gasteiger partial charge in [0.25, 0.3) is 0 Å². The molecule has 0 N–H and O–H groups in total. The molecule has 0 saturated heterocycles. The van der Waals surface area contributed by atoms with Crippen molar-refractivity contribution in [3.8, 4) is 11.6 Å². The minimum Gasteiger partial charge on any atom is -0.219 e. The zero-order chi connectivity index (χ0) is 17.1. The number of imidazole rings is 2. The third-order valence-electron chi connectivity index (χ3n) is 5.74. The molecule has 0 aliphatic carbocycles. The molecule has 126 valence electrons. The molecule has 0 spiro atoms. The number of rotatable bonds is 0. The average molecular weight is 340 g/mol. The van der Waals surface area contributed by atoms with Gasteiger partial charge in [0.15, 0.2) is 0 Å². The third-order valence-corrected chi connectivity index (χ3v) is 5.74. The van der Waals surface area contributed by atoms with Gasteiger partial charge in [0.1, 0.15) is 51.0 Å². The summed E-state index contributed by atoms with van der Waals surface area (Å²) in [7, 11) is 0. The predicted octanol–water partition coefficient (Wildman–Crippen LogP) is 2.35. The summed E-state index contributed by atoms with van der Waals surface area (Å²) in [4.78, 5) is 0. The van der Waals surface area contributed by atoms with Crippen LogP contribution < -0.4 is 9.13 Å². The van der Waals surface area contributed by atoms with Crippen LogP contribution in [-0.4, -0.2) is 9.13 Å². The zero-order valence-electron chi connectivity index (χ0n) is 14.5. The molecule has 0 amide bonds. The Hall–Kier alpha value is -3.14. The molecule has 4 heterocycles. The number of fused-ring (bicyclic) bond motifs is 2. The summed E-state index contributed by atoms with van der Waals surface area (Å²) in [5.41, 5.74) is 5.61. The van der Waals surface area contributed by atoms with E-state index in [1.165, 1.54) is 33.9 Å². The van der Waals surface area contributed by atoms with E-state index in [4.69, 9.17) is 0 Å². The van der Waals surface area contributed by atoms with Crippen molar-refractivity contribution in [3.63, 3.8) is 0 Å². The zero-order valence-corrected chi connectivity index (χ0v) is 14.5. The highest BCUT2D eigenvalue weighted by Gasteiger charge is 2.36. The van der Waals surface area contributed by atoms with Crippen molar-refractivity contribution in [3.05, 3.63) is 95.6 Å². The maximum Gasteiger partial charge on any atom is 0.373 e. The van der Waals surface area contributed by atoms with E-state index in [9.17, 15) is 0 Å². The van der Waals surface area contributed by atoms with E-state index in [-0.39, 0.29) is 0 Å². The molecular weight excluding hydrogens is 320 g/mol. The first-order valence-electron chi connectivity index (χ1n) is 9.18. The van der Waals surface area contributed by atoms with E-state index in [0.717, 1.165) is 26.2 Å². The number of benzene rings is 2. The van der Waals surface area contributed by atoms with Crippen LogP contribution in [0.15, 0.2) is 73.3 Å². The van der Waals surface area contributed by atoms with E-state index < -0.39 is 0 Å². The fourth-order valence-electron chi connectivity index (χ4n) is 4.42. The summed E-state index contributed by atoms with van der Waals surface area (Å²) in [5.74, 6) is 2.58. The second-order valence-corrected chi connectivity index (χ2v) is 7.29. The van der Waals surface area contributed by atoms with Gasteiger partial charge in [-0.25, -0.2) is 18.3 Å². The van der Waals surface area contributed by atoms with Crippen LogP contribution in [-0.2, 0) is 26.2 Å². The van der Waals surface area contributed by atoms with Crippen LogP contribution in [0.4, 0.5) is 0 Å². The Kier molecular flexibility index (Phi) is 2.80. The fraction of sp³-hybridized carbons (Fsp3) is 0.182. The lowest BCUT2D eigenvalue weighted by Gasteiger charge is -2.15. The summed E-state index contributed by atoms with van der Waals surface area (Å²) in [6.45, 7) is 3.69. The average Bonchev–Trinajstić information content (AvgIpc) is 3.17. The molecule has 4 nitrogen and oxygen atoms in total. The molecule has 0 bridgehead atoms. The Morgan fingerprint density at radius 1 is 0.577 bits per heavy atom. The van der Waals surface area contributed by atoms with Crippen LogP contribution in [0.3, 0.4) is 0 Å². The highest BCUT2D eigenvalue weighted by molar-refractivity contribution is 5.42. The number of hydrogen-bond donors (Lipinski definition) is 0. The molecule has 0 unspecified atom stereocenters. The second kappa shape index (κ2) is 5.18. The minimum atomic E-state index is 0.922. The Morgan fingerprint density at radius 3 is 1.46 bits per heavy atom. The van der Waals surface area contributed by atoms with Crippen LogP contribution >= 0.6 is 0 Å². The molecule has 6 rings (SSSR count). The van der Waals surface area contributed by atoms with Crippen molar-refractivity contribution >= 4 is 0 Å². The molecule has 0 fully saturated rings. The molecule has 2 aliphatic heterocycles. The van der Waals surface area contributed by atoms with Gasteiger partial charge in [-0.3, -0.25) is 0 Å². The number of nitrogens with zero attached hydrogens (tertiary/aromatic N) is 4. The molecule has 0 radical (unpaired) electrons. The Morgan fingerprint density at radius 2 is 1.00 bits per heavy atom. The Bertz CT molecular complexity index is 972. The lowest BCUT2D eigenvalue weighted by atomic mass is 10.1. The van der Waals surface area contributed by atoms with Crippen LogP contribution in [0.5, 0.6) is 0 Å². The monoisotopic (exact) mass is 340 g/mol. The molecule has 4 heteroatoms. The summed E-state index contributed by atoms with van der Waals surface area (Å²) >= 11 is 0. The summed E-state index contributed by atoms with van der Waals surface area (Å²) < 4.78 is 9.59. The van der Waals surface area contributed by atoms with E-state index in [1.807, 2.05) is 0 Å². The van der Waals surface area contributed by atoms with Crippen LogP contribution in [0.2, 0.25) is 0 Å². The normalized spacial score (nSPS) is 14.3. The lowest BCUT2D eigenvalue weighted by Crippen LogP contribution is -2.45. The molecule has 0 atom stereocenters. The molecular formula is C22H20N4+2. The second-order valence-electron chi connectivity index (χ2n) is 7.29. The molecule has 4 aromatic rings. The van der Waals surface area contributed by atoms with E-state index in [2.05, 4.69) is 91.6 Å². The van der Waals surface area contributed by atoms with Crippen LogP contribution in [0, 0.1) is 0 Å². The van der Waals surface area contributed by atoms with Crippen LogP contribution in [0.25, 0.3) is 11.6 Å². The van der Waals surface area contributed by atoms with Gasteiger partial charge in [0.2, 0.25) is 0 Å². The topological polar surface area (TPSA) is 17.6 Å². The standard InChI is InChI=1S/C22H20N4/c1-2-6-18-14-24-11-12-26-16-20-8-4-3-7-19(20)15-25-10-9-23(13-17(18)5-1)21(25)22(24)26/h1-12H,13-16H2/q+2. The van der Waals surface area contributed by atoms with Gasteiger partial charge in [-0.05, 0) is 0 Å². The summed E-state index contributed by atoms with van der Waals surface area (Å²) in [6, 6.07) is 17.6. The Balaban J connectivity index is 1.66. The van der Waals surface area contributed by atoms with Gasteiger partial charge in [-0.1, -0.05) is 48.5 Å².